The SMILES string of the molecule is COc1ccc(CCNC(=O)Cc2csc(CCc3ccccn3)n2)cc1. The van der Waals surface area contributed by atoms with Crippen LogP contribution in [0.3, 0.4) is 0 Å². The summed E-state index contributed by atoms with van der Waals surface area (Å²) in [6.45, 7) is 0.613. The van der Waals surface area contributed by atoms with Gasteiger partial charge in [-0.2, -0.15) is 0 Å². The second kappa shape index (κ2) is 9.83. The Bertz CT molecular complexity index is 847. The number of ether oxygens (including phenoxy) is 1. The molecule has 0 atom stereocenters. The largest absolute Gasteiger partial charge is 0.497 e. The second-order valence-corrected chi connectivity index (χ2v) is 7.12. The number of benzene rings is 1. The lowest BCUT2D eigenvalue weighted by molar-refractivity contribution is -0.120. The lowest BCUT2D eigenvalue weighted by atomic mass is 10.1. The van der Waals surface area contributed by atoms with E-state index in [1.54, 1.807) is 24.6 Å². The first-order valence-electron chi connectivity index (χ1n) is 8.96. The van der Waals surface area contributed by atoms with Crippen molar-refractivity contribution in [3.63, 3.8) is 0 Å². The first-order valence-corrected chi connectivity index (χ1v) is 9.84. The molecule has 3 aromatic rings. The number of nitrogens with one attached hydrogen (secondary N) is 1. The number of aryl methyl sites for hydroxylation is 2. The summed E-state index contributed by atoms with van der Waals surface area (Å²) in [5.74, 6) is 0.843. The van der Waals surface area contributed by atoms with Crippen molar-refractivity contribution in [3.05, 3.63) is 76.0 Å². The quantitative estimate of drug-likeness (QED) is 0.618. The molecule has 0 bridgehead atoms. The number of methoxy groups -OCH3 is 1. The first-order chi connectivity index (χ1) is 13.2. The van der Waals surface area contributed by atoms with Crippen LogP contribution < -0.4 is 10.1 Å². The molecule has 0 unspecified atom stereocenters. The molecule has 1 aromatic carbocycles. The molecule has 1 amide bonds. The molecule has 140 valence electrons. The van der Waals surface area contributed by atoms with Gasteiger partial charge in [-0.25, -0.2) is 4.98 Å². The Kier molecular flexibility index (Phi) is 6.93. The Labute approximate surface area is 163 Å². The summed E-state index contributed by atoms with van der Waals surface area (Å²) in [6, 6.07) is 13.8. The minimum Gasteiger partial charge on any atom is -0.497 e. The molecule has 0 radical (unpaired) electrons. The van der Waals surface area contributed by atoms with E-state index in [2.05, 4.69) is 15.3 Å². The van der Waals surface area contributed by atoms with Crippen molar-refractivity contribution < 1.29 is 9.53 Å². The van der Waals surface area contributed by atoms with Crippen LogP contribution in [0.4, 0.5) is 0 Å². The Morgan fingerprint density at radius 3 is 2.67 bits per heavy atom. The standard InChI is InChI=1S/C21H23N3O2S/c1-26-19-8-5-16(6-9-19)11-13-23-20(25)14-18-15-27-21(24-18)10-7-17-4-2-3-12-22-17/h2-6,8-9,12,15H,7,10-11,13-14H2,1H3,(H,23,25). The van der Waals surface area contributed by atoms with Crippen molar-refractivity contribution >= 4 is 17.2 Å². The third-order valence-electron chi connectivity index (χ3n) is 4.16. The molecular formula is C21H23N3O2S. The van der Waals surface area contributed by atoms with E-state index >= 15 is 0 Å². The van der Waals surface area contributed by atoms with Gasteiger partial charge in [0.15, 0.2) is 0 Å². The minimum atomic E-state index is 0.00471. The molecule has 6 heteroatoms. The molecule has 0 aliphatic carbocycles. The van der Waals surface area contributed by atoms with Crippen LogP contribution in [0.5, 0.6) is 5.75 Å². The Morgan fingerprint density at radius 1 is 1.07 bits per heavy atom. The molecule has 0 spiro atoms. The maximum absolute atomic E-state index is 12.1. The summed E-state index contributed by atoms with van der Waals surface area (Å²) >= 11 is 1.60. The van der Waals surface area contributed by atoms with Gasteiger partial charge in [0.05, 0.1) is 24.2 Å². The molecule has 0 saturated heterocycles. The van der Waals surface area contributed by atoms with Crippen molar-refractivity contribution in [2.24, 2.45) is 0 Å². The van der Waals surface area contributed by atoms with Gasteiger partial charge in [-0.15, -0.1) is 11.3 Å². The number of aromatic nitrogens is 2. The van der Waals surface area contributed by atoms with Crippen LogP contribution in [0.1, 0.15) is 22.0 Å². The summed E-state index contributed by atoms with van der Waals surface area (Å²) in [5, 5.41) is 5.97. The van der Waals surface area contributed by atoms with E-state index < -0.39 is 0 Å². The topological polar surface area (TPSA) is 64.1 Å². The van der Waals surface area contributed by atoms with E-state index in [1.807, 2.05) is 47.8 Å². The van der Waals surface area contributed by atoms with Crippen LogP contribution in [-0.4, -0.2) is 29.5 Å². The zero-order valence-corrected chi connectivity index (χ0v) is 16.2. The van der Waals surface area contributed by atoms with E-state index in [9.17, 15) is 4.79 Å². The summed E-state index contributed by atoms with van der Waals surface area (Å²) in [6.07, 6.45) is 4.63. The third kappa shape index (κ3) is 6.18. The molecule has 0 aliphatic heterocycles. The lowest BCUT2D eigenvalue weighted by Gasteiger charge is -2.05. The molecular weight excluding hydrogens is 358 g/mol. The predicted molar refractivity (Wildman–Crippen MR) is 107 cm³/mol. The van der Waals surface area contributed by atoms with E-state index in [0.29, 0.717) is 13.0 Å². The van der Waals surface area contributed by atoms with Crippen LogP contribution in [0.25, 0.3) is 0 Å². The molecule has 3 rings (SSSR count). The number of amides is 1. The molecule has 0 saturated carbocycles. The predicted octanol–water partition coefficient (Wildman–Crippen LogP) is 3.23. The van der Waals surface area contributed by atoms with Crippen LogP contribution in [0.2, 0.25) is 0 Å². The Balaban J connectivity index is 1.39. The molecule has 1 N–H and O–H groups in total. The number of nitrogens with zero attached hydrogens (tertiary/aromatic N) is 2. The molecule has 0 fully saturated rings. The van der Waals surface area contributed by atoms with Crippen LogP contribution in [-0.2, 0) is 30.5 Å². The van der Waals surface area contributed by atoms with Crippen molar-refractivity contribution in [2.45, 2.75) is 25.7 Å². The Morgan fingerprint density at radius 2 is 1.93 bits per heavy atom. The minimum absolute atomic E-state index is 0.00471. The van der Waals surface area contributed by atoms with Crippen LogP contribution in [0, 0.1) is 0 Å². The van der Waals surface area contributed by atoms with Gasteiger partial charge in [0.1, 0.15) is 5.75 Å². The van der Waals surface area contributed by atoms with Crippen molar-refractivity contribution in [2.75, 3.05) is 13.7 Å². The number of pyridine rings is 1. The molecule has 2 aromatic heterocycles. The van der Waals surface area contributed by atoms with E-state index in [-0.39, 0.29) is 5.91 Å². The van der Waals surface area contributed by atoms with Gasteiger partial charge < -0.3 is 10.1 Å². The second-order valence-electron chi connectivity index (χ2n) is 6.18. The van der Waals surface area contributed by atoms with Crippen LogP contribution in [0.15, 0.2) is 54.0 Å². The van der Waals surface area contributed by atoms with E-state index in [4.69, 9.17) is 4.74 Å². The first kappa shape index (κ1) is 19.0. The van der Waals surface area contributed by atoms with Gasteiger partial charge in [-0.1, -0.05) is 18.2 Å². The van der Waals surface area contributed by atoms with Gasteiger partial charge in [0.2, 0.25) is 5.91 Å². The number of rotatable bonds is 9. The highest BCUT2D eigenvalue weighted by Crippen LogP contribution is 2.13. The highest BCUT2D eigenvalue weighted by molar-refractivity contribution is 7.09. The third-order valence-corrected chi connectivity index (χ3v) is 5.11. The maximum atomic E-state index is 12.1. The molecule has 2 heterocycles. The normalized spacial score (nSPS) is 10.6. The molecule has 27 heavy (non-hydrogen) atoms. The van der Waals surface area contributed by atoms with Gasteiger partial charge in [0.25, 0.3) is 0 Å². The highest BCUT2D eigenvalue weighted by atomic mass is 32.1. The number of carbonyl (C=O) groups excluding carboxylic acids is 1. The average molecular weight is 382 g/mol. The Hall–Kier alpha value is -2.73. The maximum Gasteiger partial charge on any atom is 0.226 e. The van der Waals surface area contributed by atoms with Gasteiger partial charge >= 0.3 is 0 Å². The molecule has 0 aliphatic rings. The fraction of sp³-hybridized carbons (Fsp3) is 0.286. The number of carbonyl (C=O) groups is 1. The van der Waals surface area contributed by atoms with Crippen molar-refractivity contribution in [1.82, 2.24) is 15.3 Å². The fourth-order valence-electron chi connectivity index (χ4n) is 2.69. The van der Waals surface area contributed by atoms with E-state index in [1.165, 1.54) is 5.56 Å². The van der Waals surface area contributed by atoms with Gasteiger partial charge in [-0.05, 0) is 42.7 Å². The zero-order valence-electron chi connectivity index (χ0n) is 15.4. The van der Waals surface area contributed by atoms with E-state index in [0.717, 1.165) is 41.4 Å². The van der Waals surface area contributed by atoms with Gasteiger partial charge in [-0.3, -0.25) is 9.78 Å². The smallest absolute Gasteiger partial charge is 0.226 e. The van der Waals surface area contributed by atoms with Gasteiger partial charge in [0, 0.05) is 30.2 Å². The number of thiazole rings is 1. The summed E-state index contributed by atoms with van der Waals surface area (Å²) in [5.41, 5.74) is 3.06. The van der Waals surface area contributed by atoms with Crippen LogP contribution >= 0.6 is 11.3 Å². The fourth-order valence-corrected chi connectivity index (χ4v) is 3.49. The van der Waals surface area contributed by atoms with Crippen molar-refractivity contribution in [3.8, 4) is 5.75 Å². The number of hydrogen-bond acceptors (Lipinski definition) is 5. The summed E-state index contributed by atoms with van der Waals surface area (Å²) in [4.78, 5) is 21.0. The highest BCUT2D eigenvalue weighted by Gasteiger charge is 2.08. The molecule has 5 nitrogen and oxygen atoms in total. The summed E-state index contributed by atoms with van der Waals surface area (Å²) in [7, 11) is 1.65. The monoisotopic (exact) mass is 381 g/mol. The summed E-state index contributed by atoms with van der Waals surface area (Å²) < 4.78 is 5.14. The van der Waals surface area contributed by atoms with Crippen molar-refractivity contribution in [1.29, 1.82) is 0 Å². The zero-order chi connectivity index (χ0) is 18.9. The lowest BCUT2D eigenvalue weighted by Crippen LogP contribution is -2.27. The number of hydrogen-bond donors (Lipinski definition) is 1. The average Bonchev–Trinajstić information content (AvgIpc) is 3.15.